The zero-order chi connectivity index (χ0) is 13.7. The van der Waals surface area contributed by atoms with Crippen LogP contribution in [0.2, 0.25) is 0 Å². The second kappa shape index (κ2) is 6.10. The van der Waals surface area contributed by atoms with Gasteiger partial charge in [-0.3, -0.25) is 9.89 Å². The van der Waals surface area contributed by atoms with Crippen LogP contribution in [-0.2, 0) is 0 Å². The first kappa shape index (κ1) is 13.2. The summed E-state index contributed by atoms with van der Waals surface area (Å²) in [7, 11) is 0. The van der Waals surface area contributed by atoms with Gasteiger partial charge in [0.15, 0.2) is 0 Å². The molecular weight excluding hydrogens is 249 g/mol. The molecule has 0 unspecified atom stereocenters. The van der Waals surface area contributed by atoms with Crippen molar-refractivity contribution in [2.45, 2.75) is 6.42 Å². The Kier molecular flexibility index (Phi) is 4.25. The fourth-order valence-corrected chi connectivity index (χ4v) is 1.70. The molecule has 5 nitrogen and oxygen atoms in total. The van der Waals surface area contributed by atoms with Crippen LogP contribution in [0.3, 0.4) is 0 Å². The van der Waals surface area contributed by atoms with Crippen LogP contribution in [0.25, 0.3) is 11.3 Å². The van der Waals surface area contributed by atoms with Crippen molar-refractivity contribution in [3.63, 3.8) is 0 Å². The Hall–Kier alpha value is -2.21. The minimum absolute atomic E-state index is 0.00579. The van der Waals surface area contributed by atoms with E-state index in [4.69, 9.17) is 5.11 Å². The SMILES string of the molecule is O=C(NCCCO)c1cn[nH]c1-c1ccccc1F. The van der Waals surface area contributed by atoms with Crippen LogP contribution in [0.15, 0.2) is 30.5 Å². The number of aromatic amines is 1. The fraction of sp³-hybridized carbons (Fsp3) is 0.231. The summed E-state index contributed by atoms with van der Waals surface area (Å²) in [6.07, 6.45) is 1.83. The van der Waals surface area contributed by atoms with Crippen LogP contribution in [0, 0.1) is 5.82 Å². The lowest BCUT2D eigenvalue weighted by Gasteiger charge is -2.05. The van der Waals surface area contributed by atoms with E-state index in [1.54, 1.807) is 18.2 Å². The highest BCUT2D eigenvalue weighted by atomic mass is 19.1. The molecule has 0 bridgehead atoms. The standard InChI is InChI=1S/C13H14FN3O2/c14-11-5-2-1-4-9(11)12-10(8-16-17-12)13(19)15-6-3-7-18/h1-2,4-5,8,18H,3,6-7H2,(H,15,19)(H,16,17). The topological polar surface area (TPSA) is 78.0 Å². The molecule has 3 N–H and O–H groups in total. The highest BCUT2D eigenvalue weighted by molar-refractivity contribution is 5.99. The van der Waals surface area contributed by atoms with Crippen molar-refractivity contribution in [2.24, 2.45) is 0 Å². The maximum absolute atomic E-state index is 13.7. The maximum atomic E-state index is 13.7. The first-order valence-electron chi connectivity index (χ1n) is 5.91. The van der Waals surface area contributed by atoms with E-state index in [-0.39, 0.29) is 18.1 Å². The number of rotatable bonds is 5. The highest BCUT2D eigenvalue weighted by Gasteiger charge is 2.16. The molecule has 0 aliphatic carbocycles. The van der Waals surface area contributed by atoms with Gasteiger partial charge >= 0.3 is 0 Å². The van der Waals surface area contributed by atoms with Crippen LogP contribution in [-0.4, -0.2) is 34.4 Å². The number of nitrogens with zero attached hydrogens (tertiary/aromatic N) is 1. The predicted octanol–water partition coefficient (Wildman–Crippen LogP) is 1.33. The Bertz CT molecular complexity index is 569. The zero-order valence-electron chi connectivity index (χ0n) is 10.2. The average Bonchev–Trinajstić information content (AvgIpc) is 2.88. The molecule has 0 spiro atoms. The first-order chi connectivity index (χ1) is 9.24. The van der Waals surface area contributed by atoms with Gasteiger partial charge in [0.25, 0.3) is 5.91 Å². The Balaban J connectivity index is 2.23. The van der Waals surface area contributed by atoms with Gasteiger partial charge in [-0.1, -0.05) is 12.1 Å². The summed E-state index contributed by atoms with van der Waals surface area (Å²) in [5, 5.41) is 17.7. The van der Waals surface area contributed by atoms with Gasteiger partial charge in [0, 0.05) is 18.7 Å². The molecule has 0 aliphatic heterocycles. The van der Waals surface area contributed by atoms with Crippen molar-refractivity contribution < 1.29 is 14.3 Å². The summed E-state index contributed by atoms with van der Waals surface area (Å²) in [4.78, 5) is 11.9. The van der Waals surface area contributed by atoms with E-state index < -0.39 is 5.82 Å². The van der Waals surface area contributed by atoms with E-state index in [2.05, 4.69) is 15.5 Å². The van der Waals surface area contributed by atoms with E-state index in [0.29, 0.717) is 24.2 Å². The molecule has 2 aromatic rings. The van der Waals surface area contributed by atoms with Gasteiger partial charge < -0.3 is 10.4 Å². The molecule has 0 radical (unpaired) electrons. The normalized spacial score (nSPS) is 10.4. The minimum Gasteiger partial charge on any atom is -0.396 e. The average molecular weight is 263 g/mol. The Morgan fingerprint density at radius 1 is 1.42 bits per heavy atom. The Morgan fingerprint density at radius 2 is 2.21 bits per heavy atom. The molecule has 2 rings (SSSR count). The van der Waals surface area contributed by atoms with Crippen LogP contribution >= 0.6 is 0 Å². The van der Waals surface area contributed by atoms with Crippen LogP contribution in [0.1, 0.15) is 16.8 Å². The Labute approximate surface area is 109 Å². The van der Waals surface area contributed by atoms with E-state index in [0.717, 1.165) is 0 Å². The number of aromatic nitrogens is 2. The number of aliphatic hydroxyl groups excluding tert-OH is 1. The van der Waals surface area contributed by atoms with Crippen molar-refractivity contribution in [1.82, 2.24) is 15.5 Å². The summed E-state index contributed by atoms with van der Waals surface area (Å²) < 4.78 is 13.7. The fourth-order valence-electron chi connectivity index (χ4n) is 1.70. The molecule has 0 saturated carbocycles. The van der Waals surface area contributed by atoms with Gasteiger partial charge in [0.05, 0.1) is 17.5 Å². The number of nitrogens with one attached hydrogen (secondary N) is 2. The Morgan fingerprint density at radius 3 is 2.95 bits per heavy atom. The van der Waals surface area contributed by atoms with Crippen molar-refractivity contribution >= 4 is 5.91 Å². The van der Waals surface area contributed by atoms with E-state index in [1.165, 1.54) is 12.3 Å². The van der Waals surface area contributed by atoms with Crippen LogP contribution in [0.5, 0.6) is 0 Å². The number of amides is 1. The van der Waals surface area contributed by atoms with Crippen LogP contribution < -0.4 is 5.32 Å². The number of H-pyrrole nitrogens is 1. The van der Waals surface area contributed by atoms with E-state index >= 15 is 0 Å². The van der Waals surface area contributed by atoms with E-state index in [9.17, 15) is 9.18 Å². The molecule has 19 heavy (non-hydrogen) atoms. The number of hydrogen-bond acceptors (Lipinski definition) is 3. The smallest absolute Gasteiger partial charge is 0.255 e. The number of carbonyl (C=O) groups is 1. The summed E-state index contributed by atoms with van der Waals surface area (Å²) in [6, 6.07) is 6.17. The zero-order valence-corrected chi connectivity index (χ0v) is 10.2. The lowest BCUT2D eigenvalue weighted by atomic mass is 10.1. The van der Waals surface area contributed by atoms with Crippen molar-refractivity contribution in [3.8, 4) is 11.3 Å². The van der Waals surface area contributed by atoms with Gasteiger partial charge in [-0.05, 0) is 18.6 Å². The number of carbonyl (C=O) groups excluding carboxylic acids is 1. The van der Waals surface area contributed by atoms with Crippen molar-refractivity contribution in [3.05, 3.63) is 41.8 Å². The molecule has 100 valence electrons. The minimum atomic E-state index is -0.420. The summed E-state index contributed by atoms with van der Waals surface area (Å²) in [5.41, 5.74) is 0.926. The molecule has 6 heteroatoms. The third kappa shape index (κ3) is 2.97. The summed E-state index contributed by atoms with van der Waals surface area (Å²) >= 11 is 0. The molecule has 0 aliphatic rings. The molecule has 1 heterocycles. The first-order valence-corrected chi connectivity index (χ1v) is 5.91. The molecule has 0 fully saturated rings. The predicted molar refractivity (Wildman–Crippen MR) is 68.0 cm³/mol. The third-order valence-corrected chi connectivity index (χ3v) is 2.65. The van der Waals surface area contributed by atoms with Gasteiger partial charge in [0.1, 0.15) is 5.82 Å². The van der Waals surface area contributed by atoms with Crippen molar-refractivity contribution in [1.29, 1.82) is 0 Å². The van der Waals surface area contributed by atoms with Gasteiger partial charge in [-0.25, -0.2) is 4.39 Å². The molecule has 0 saturated heterocycles. The van der Waals surface area contributed by atoms with E-state index in [1.807, 2.05) is 0 Å². The van der Waals surface area contributed by atoms with Crippen LogP contribution in [0.4, 0.5) is 4.39 Å². The molecule has 1 amide bonds. The maximum Gasteiger partial charge on any atom is 0.255 e. The number of hydrogen-bond donors (Lipinski definition) is 3. The van der Waals surface area contributed by atoms with Gasteiger partial charge in [-0.2, -0.15) is 5.10 Å². The third-order valence-electron chi connectivity index (χ3n) is 2.65. The van der Waals surface area contributed by atoms with Crippen molar-refractivity contribution in [2.75, 3.05) is 13.2 Å². The lowest BCUT2D eigenvalue weighted by molar-refractivity contribution is 0.0952. The number of benzene rings is 1. The lowest BCUT2D eigenvalue weighted by Crippen LogP contribution is -2.25. The highest BCUT2D eigenvalue weighted by Crippen LogP contribution is 2.23. The molecule has 0 atom stereocenters. The second-order valence-corrected chi connectivity index (χ2v) is 3.97. The number of aliphatic hydroxyl groups is 1. The summed E-state index contributed by atoms with van der Waals surface area (Å²) in [6.45, 7) is 0.364. The summed E-state index contributed by atoms with van der Waals surface area (Å²) in [5.74, 6) is -0.767. The molecule has 1 aromatic carbocycles. The molecule has 1 aromatic heterocycles. The van der Waals surface area contributed by atoms with Gasteiger partial charge in [-0.15, -0.1) is 0 Å². The number of halogens is 1. The monoisotopic (exact) mass is 263 g/mol. The van der Waals surface area contributed by atoms with Gasteiger partial charge in [0.2, 0.25) is 0 Å². The quantitative estimate of drug-likeness (QED) is 0.712. The second-order valence-electron chi connectivity index (χ2n) is 3.97. The largest absolute Gasteiger partial charge is 0.396 e. The molecular formula is C13H14FN3O2.